The van der Waals surface area contributed by atoms with Crippen LogP contribution in [0.5, 0.6) is 0 Å². The van der Waals surface area contributed by atoms with Crippen molar-refractivity contribution in [1.82, 2.24) is 0 Å². The van der Waals surface area contributed by atoms with Gasteiger partial charge >= 0.3 is 7.75 Å². The molecule has 1 aromatic rings. The van der Waals surface area contributed by atoms with Crippen LogP contribution in [0.4, 0.5) is 10.1 Å². The van der Waals surface area contributed by atoms with E-state index in [4.69, 9.17) is 0 Å². The highest BCUT2D eigenvalue weighted by Gasteiger charge is 2.20. The van der Waals surface area contributed by atoms with Crippen molar-refractivity contribution in [2.24, 2.45) is 0 Å². The van der Waals surface area contributed by atoms with Crippen LogP contribution in [0.1, 0.15) is 0 Å². The first-order valence-electron chi connectivity index (χ1n) is 3.85. The molecule has 78 valence electrons. The molecule has 0 saturated heterocycles. The summed E-state index contributed by atoms with van der Waals surface area (Å²) in [4.78, 5) is 0. The largest absolute Gasteiger partial charge is 0.432 e. The molecule has 6 heteroatoms. The molecule has 0 bridgehead atoms. The van der Waals surface area contributed by atoms with Crippen molar-refractivity contribution in [3.8, 4) is 0 Å². The average Bonchev–Trinajstić information content (AvgIpc) is 2.21. The topological polar surface area (TPSA) is 47.6 Å². The van der Waals surface area contributed by atoms with Gasteiger partial charge in [0, 0.05) is 19.9 Å². The number of hydrogen-bond donors (Lipinski definition) is 1. The molecule has 4 nitrogen and oxygen atoms in total. The zero-order valence-corrected chi connectivity index (χ0v) is 8.75. The van der Waals surface area contributed by atoms with Gasteiger partial charge in [-0.1, -0.05) is 0 Å². The Hall–Kier alpha value is -0.900. The minimum absolute atomic E-state index is 0.361. The van der Waals surface area contributed by atoms with E-state index in [-0.39, 0.29) is 5.82 Å². The molecule has 14 heavy (non-hydrogen) atoms. The van der Waals surface area contributed by atoms with Crippen LogP contribution in [0.25, 0.3) is 0 Å². The van der Waals surface area contributed by atoms with Gasteiger partial charge in [0.05, 0.1) is 0 Å². The monoisotopic (exact) mass is 219 g/mol. The van der Waals surface area contributed by atoms with Gasteiger partial charge in [-0.15, -0.1) is 0 Å². The van der Waals surface area contributed by atoms with Gasteiger partial charge in [0.1, 0.15) is 5.82 Å². The molecular formula is C8H11FNO3P. The number of halogens is 1. The van der Waals surface area contributed by atoms with Crippen LogP contribution in [0.3, 0.4) is 0 Å². The summed E-state index contributed by atoms with van der Waals surface area (Å²) in [6.07, 6.45) is 0. The third-order valence-corrected chi connectivity index (χ3v) is 3.08. The van der Waals surface area contributed by atoms with Crippen molar-refractivity contribution in [3.63, 3.8) is 0 Å². The molecule has 0 saturated carbocycles. The van der Waals surface area contributed by atoms with Gasteiger partial charge in [0.25, 0.3) is 0 Å². The first-order valence-corrected chi connectivity index (χ1v) is 5.39. The first-order chi connectivity index (χ1) is 6.59. The van der Waals surface area contributed by atoms with E-state index in [0.29, 0.717) is 5.69 Å². The molecule has 0 atom stereocenters. The molecule has 0 unspecified atom stereocenters. The summed E-state index contributed by atoms with van der Waals surface area (Å²) in [6, 6.07) is 5.38. The minimum Gasteiger partial charge on any atom is -0.296 e. The van der Waals surface area contributed by atoms with Crippen molar-refractivity contribution < 1.29 is 18.0 Å². The number of hydrogen-bond acceptors (Lipinski definition) is 3. The molecule has 0 radical (unpaired) electrons. The Bertz CT molecular complexity index is 333. The third-order valence-electron chi connectivity index (χ3n) is 1.59. The average molecular weight is 219 g/mol. The van der Waals surface area contributed by atoms with Crippen LogP contribution in [-0.4, -0.2) is 14.2 Å². The Balaban J connectivity index is 2.78. The highest BCUT2D eigenvalue weighted by Crippen LogP contribution is 2.45. The van der Waals surface area contributed by atoms with E-state index >= 15 is 0 Å². The maximum absolute atomic E-state index is 12.5. The van der Waals surface area contributed by atoms with Crippen LogP contribution in [0, 0.1) is 5.82 Å². The van der Waals surface area contributed by atoms with Crippen LogP contribution in [-0.2, 0) is 13.6 Å². The second-order valence-corrected chi connectivity index (χ2v) is 4.43. The fraction of sp³-hybridized carbons (Fsp3) is 0.250. The van der Waals surface area contributed by atoms with Gasteiger partial charge in [0.15, 0.2) is 0 Å². The number of nitrogens with one attached hydrogen (secondary N) is 1. The van der Waals surface area contributed by atoms with Crippen LogP contribution < -0.4 is 5.09 Å². The first kappa shape index (κ1) is 11.2. The lowest BCUT2D eigenvalue weighted by Gasteiger charge is -2.15. The zero-order valence-electron chi connectivity index (χ0n) is 7.86. The Kier molecular flexibility index (Phi) is 3.63. The van der Waals surface area contributed by atoms with E-state index in [9.17, 15) is 8.96 Å². The fourth-order valence-corrected chi connectivity index (χ4v) is 1.65. The van der Waals surface area contributed by atoms with Gasteiger partial charge in [-0.2, -0.15) is 0 Å². The maximum Gasteiger partial charge on any atom is 0.432 e. The lowest BCUT2D eigenvalue weighted by atomic mass is 10.3. The quantitative estimate of drug-likeness (QED) is 0.791. The van der Waals surface area contributed by atoms with E-state index in [2.05, 4.69) is 14.1 Å². The highest BCUT2D eigenvalue weighted by molar-refractivity contribution is 7.55. The molecule has 0 aliphatic heterocycles. The number of benzene rings is 1. The van der Waals surface area contributed by atoms with Crippen molar-refractivity contribution in [2.75, 3.05) is 19.3 Å². The Morgan fingerprint density at radius 1 is 1.21 bits per heavy atom. The summed E-state index contributed by atoms with van der Waals surface area (Å²) in [5.74, 6) is -0.361. The molecule has 1 rings (SSSR count). The summed E-state index contributed by atoms with van der Waals surface area (Å²) in [6.45, 7) is 0. The van der Waals surface area contributed by atoms with Crippen molar-refractivity contribution in [1.29, 1.82) is 0 Å². The Morgan fingerprint density at radius 2 is 1.71 bits per heavy atom. The van der Waals surface area contributed by atoms with Crippen LogP contribution in [0.2, 0.25) is 0 Å². The maximum atomic E-state index is 12.5. The molecular weight excluding hydrogens is 208 g/mol. The molecule has 0 heterocycles. The molecule has 1 N–H and O–H groups in total. The van der Waals surface area contributed by atoms with Gasteiger partial charge in [-0.05, 0) is 24.3 Å². The van der Waals surface area contributed by atoms with Gasteiger partial charge in [-0.3, -0.25) is 14.1 Å². The molecule has 0 aliphatic carbocycles. The lowest BCUT2D eigenvalue weighted by molar-refractivity contribution is 0.281. The predicted molar refractivity (Wildman–Crippen MR) is 51.6 cm³/mol. The van der Waals surface area contributed by atoms with Crippen LogP contribution in [0.15, 0.2) is 24.3 Å². The van der Waals surface area contributed by atoms with E-state index < -0.39 is 7.75 Å². The standard InChI is InChI=1S/C8H11FNO3P/c1-12-14(11,13-2)10-8-5-3-7(9)4-6-8/h3-6H,1-2H3,(H,10,11). The lowest BCUT2D eigenvalue weighted by Crippen LogP contribution is -2.00. The molecule has 0 aliphatic rings. The summed E-state index contributed by atoms with van der Waals surface area (Å²) >= 11 is 0. The Labute approximate surface area is 81.6 Å². The Morgan fingerprint density at radius 3 is 2.14 bits per heavy atom. The zero-order chi connectivity index (χ0) is 10.6. The predicted octanol–water partition coefficient (Wildman–Crippen LogP) is 2.64. The SMILES string of the molecule is COP(=O)(Nc1ccc(F)cc1)OC. The van der Waals surface area contributed by atoms with Crippen molar-refractivity contribution >= 4 is 13.4 Å². The van der Waals surface area contributed by atoms with E-state index in [1.807, 2.05) is 0 Å². The van der Waals surface area contributed by atoms with Crippen LogP contribution >= 0.6 is 7.75 Å². The van der Waals surface area contributed by atoms with E-state index in [1.54, 1.807) is 0 Å². The van der Waals surface area contributed by atoms with Gasteiger partial charge < -0.3 is 0 Å². The van der Waals surface area contributed by atoms with Gasteiger partial charge in [-0.25, -0.2) is 8.96 Å². The third kappa shape index (κ3) is 2.80. The fourth-order valence-electron chi connectivity index (χ4n) is 0.848. The van der Waals surface area contributed by atoms with E-state index in [0.717, 1.165) is 0 Å². The second kappa shape index (κ2) is 4.55. The number of anilines is 1. The minimum atomic E-state index is -3.29. The molecule has 1 aromatic carbocycles. The summed E-state index contributed by atoms with van der Waals surface area (Å²) in [5.41, 5.74) is 0.471. The molecule has 0 fully saturated rings. The molecule has 0 aromatic heterocycles. The normalized spacial score (nSPS) is 11.4. The number of rotatable bonds is 4. The summed E-state index contributed by atoms with van der Waals surface area (Å²) < 4.78 is 33.4. The van der Waals surface area contributed by atoms with Gasteiger partial charge in [0.2, 0.25) is 0 Å². The van der Waals surface area contributed by atoms with E-state index in [1.165, 1.54) is 38.5 Å². The summed E-state index contributed by atoms with van der Waals surface area (Å²) in [5, 5.41) is 2.53. The molecule has 0 spiro atoms. The summed E-state index contributed by atoms with van der Waals surface area (Å²) in [7, 11) is -0.761. The smallest absolute Gasteiger partial charge is 0.296 e. The van der Waals surface area contributed by atoms with Crippen molar-refractivity contribution in [3.05, 3.63) is 30.1 Å². The van der Waals surface area contributed by atoms with Crippen molar-refractivity contribution in [2.45, 2.75) is 0 Å². The second-order valence-electron chi connectivity index (χ2n) is 2.48. The highest BCUT2D eigenvalue weighted by atomic mass is 31.2. The molecule has 0 amide bonds.